The van der Waals surface area contributed by atoms with Crippen LogP contribution in [-0.2, 0) is 0 Å². The van der Waals surface area contributed by atoms with Crippen LogP contribution in [0.15, 0.2) is 24.3 Å². The summed E-state index contributed by atoms with van der Waals surface area (Å²) < 4.78 is 0. The topological polar surface area (TPSA) is 20.3 Å². The summed E-state index contributed by atoms with van der Waals surface area (Å²) in [6.45, 7) is 2.74. The maximum Gasteiger partial charge on any atom is 0.178 e. The van der Waals surface area contributed by atoms with Gasteiger partial charge < -0.3 is 0 Å². The van der Waals surface area contributed by atoms with Crippen LogP contribution in [0.4, 0.5) is 0 Å². The Kier molecular flexibility index (Phi) is 5.62. The number of benzene rings is 1. The Balaban J connectivity index is 1.90. The molecule has 0 bridgehead atoms. The van der Waals surface area contributed by atoms with Gasteiger partial charge in [-0.1, -0.05) is 37.1 Å². The number of halogens is 1. The zero-order valence-corrected chi connectivity index (χ0v) is 13.2. The molecule has 1 saturated carbocycles. The number of Topliss-reactive ketones (excluding diaryl/α,β-unsaturated/α-hetero) is 1. The van der Waals surface area contributed by atoms with Crippen molar-refractivity contribution >= 4 is 17.4 Å². The zero-order chi connectivity index (χ0) is 14.5. The van der Waals surface area contributed by atoms with Gasteiger partial charge in [0.1, 0.15) is 0 Å². The Morgan fingerprint density at radius 1 is 1.25 bits per heavy atom. The fraction of sp³-hybridized carbons (Fsp3) is 0.588. The van der Waals surface area contributed by atoms with Gasteiger partial charge in [0.05, 0.1) is 11.6 Å². The van der Waals surface area contributed by atoms with E-state index in [1.54, 1.807) is 6.07 Å². The van der Waals surface area contributed by atoms with E-state index in [9.17, 15) is 4.79 Å². The van der Waals surface area contributed by atoms with Crippen LogP contribution in [0.1, 0.15) is 49.4 Å². The van der Waals surface area contributed by atoms with Crippen LogP contribution in [0, 0.1) is 5.92 Å². The molecule has 0 spiro atoms. The fourth-order valence-corrected chi connectivity index (χ4v) is 3.36. The summed E-state index contributed by atoms with van der Waals surface area (Å²) in [5, 5.41) is 0.556. The molecular weight excluding hydrogens is 270 g/mol. The first-order valence-electron chi connectivity index (χ1n) is 7.59. The lowest BCUT2D eigenvalue weighted by atomic mass is 9.84. The fourth-order valence-electron chi connectivity index (χ4n) is 3.12. The number of hydrogen-bond acceptors (Lipinski definition) is 2. The maximum absolute atomic E-state index is 12.3. The van der Waals surface area contributed by atoms with E-state index in [2.05, 4.69) is 18.9 Å². The molecule has 1 aliphatic carbocycles. The number of hydrogen-bond donors (Lipinski definition) is 0. The van der Waals surface area contributed by atoms with Gasteiger partial charge in [-0.2, -0.15) is 0 Å². The molecule has 1 aromatic carbocycles. The van der Waals surface area contributed by atoms with E-state index in [0.717, 1.165) is 5.92 Å². The molecule has 20 heavy (non-hydrogen) atoms. The molecule has 0 unspecified atom stereocenters. The summed E-state index contributed by atoms with van der Waals surface area (Å²) in [6, 6.07) is 7.86. The summed E-state index contributed by atoms with van der Waals surface area (Å²) in [6.07, 6.45) is 6.31. The monoisotopic (exact) mass is 293 g/mol. The van der Waals surface area contributed by atoms with E-state index in [1.807, 2.05) is 18.2 Å². The minimum absolute atomic E-state index is 0.121. The second-order valence-corrected chi connectivity index (χ2v) is 6.31. The Hall–Kier alpha value is -0.860. The average Bonchev–Trinajstić information content (AvgIpc) is 2.47. The number of carbonyl (C=O) groups excluding carboxylic acids is 1. The third-order valence-electron chi connectivity index (χ3n) is 4.58. The summed E-state index contributed by atoms with van der Waals surface area (Å²) in [7, 11) is 2.06. The molecule has 0 N–H and O–H groups in total. The van der Waals surface area contributed by atoms with Crippen LogP contribution in [0.5, 0.6) is 0 Å². The van der Waals surface area contributed by atoms with E-state index in [-0.39, 0.29) is 5.78 Å². The molecule has 3 heteroatoms. The van der Waals surface area contributed by atoms with Crippen LogP contribution in [0.2, 0.25) is 5.02 Å². The smallest absolute Gasteiger partial charge is 0.178 e. The van der Waals surface area contributed by atoms with Crippen LogP contribution in [-0.4, -0.2) is 30.3 Å². The first kappa shape index (κ1) is 15.5. The second-order valence-electron chi connectivity index (χ2n) is 5.90. The molecule has 0 aromatic heterocycles. The van der Waals surface area contributed by atoms with Crippen LogP contribution in [0.25, 0.3) is 0 Å². The molecule has 0 aliphatic heterocycles. The van der Waals surface area contributed by atoms with Crippen molar-refractivity contribution in [2.75, 3.05) is 13.6 Å². The molecule has 1 fully saturated rings. The third kappa shape index (κ3) is 3.83. The Labute approximate surface area is 127 Å². The van der Waals surface area contributed by atoms with Crippen molar-refractivity contribution in [3.05, 3.63) is 34.9 Å². The van der Waals surface area contributed by atoms with Gasteiger partial charge in [0.25, 0.3) is 0 Å². The van der Waals surface area contributed by atoms with E-state index in [4.69, 9.17) is 11.6 Å². The van der Waals surface area contributed by atoms with Gasteiger partial charge in [-0.05, 0) is 50.8 Å². The van der Waals surface area contributed by atoms with Crippen LogP contribution < -0.4 is 0 Å². The summed E-state index contributed by atoms with van der Waals surface area (Å²) in [5.41, 5.74) is 0.642. The largest absolute Gasteiger partial charge is 0.296 e. The van der Waals surface area contributed by atoms with Gasteiger partial charge in [0, 0.05) is 11.6 Å². The molecule has 0 amide bonds. The van der Waals surface area contributed by atoms with Crippen molar-refractivity contribution < 1.29 is 4.79 Å². The van der Waals surface area contributed by atoms with Crippen molar-refractivity contribution in [3.8, 4) is 0 Å². The molecular formula is C17H24ClNO. The van der Waals surface area contributed by atoms with Crippen LogP contribution in [0.3, 0.4) is 0 Å². The summed E-state index contributed by atoms with van der Waals surface area (Å²) >= 11 is 6.09. The molecule has 0 saturated heterocycles. The Bertz CT molecular complexity index is 452. The Morgan fingerprint density at radius 3 is 2.50 bits per heavy atom. The molecule has 1 aliphatic rings. The first-order chi connectivity index (χ1) is 9.61. The zero-order valence-electron chi connectivity index (χ0n) is 12.4. The first-order valence-corrected chi connectivity index (χ1v) is 7.97. The molecule has 2 rings (SSSR count). The quantitative estimate of drug-likeness (QED) is 0.749. The predicted molar refractivity (Wildman–Crippen MR) is 84.4 cm³/mol. The summed E-state index contributed by atoms with van der Waals surface area (Å²) in [5.74, 6) is 1.01. The molecule has 2 nitrogen and oxygen atoms in total. The molecule has 0 atom stereocenters. The highest BCUT2D eigenvalue weighted by Gasteiger charge is 2.24. The lowest BCUT2D eigenvalue weighted by Gasteiger charge is -2.34. The number of rotatable bonds is 5. The van der Waals surface area contributed by atoms with Crippen LogP contribution >= 0.6 is 11.6 Å². The van der Waals surface area contributed by atoms with Crippen molar-refractivity contribution in [1.29, 1.82) is 0 Å². The van der Waals surface area contributed by atoms with Crippen molar-refractivity contribution in [1.82, 2.24) is 4.90 Å². The highest BCUT2D eigenvalue weighted by molar-refractivity contribution is 6.34. The number of ketones is 1. The molecule has 0 heterocycles. The van der Waals surface area contributed by atoms with Gasteiger partial charge in [-0.15, -0.1) is 0 Å². The van der Waals surface area contributed by atoms with Crippen molar-refractivity contribution in [2.24, 2.45) is 5.92 Å². The highest BCUT2D eigenvalue weighted by Crippen LogP contribution is 2.29. The summed E-state index contributed by atoms with van der Waals surface area (Å²) in [4.78, 5) is 14.5. The van der Waals surface area contributed by atoms with Gasteiger partial charge in [-0.3, -0.25) is 9.69 Å². The molecule has 0 radical (unpaired) electrons. The average molecular weight is 294 g/mol. The van der Waals surface area contributed by atoms with E-state index >= 15 is 0 Å². The van der Waals surface area contributed by atoms with E-state index in [0.29, 0.717) is 23.2 Å². The lowest BCUT2D eigenvalue weighted by molar-refractivity contribution is 0.0885. The van der Waals surface area contributed by atoms with Gasteiger partial charge in [0.15, 0.2) is 5.78 Å². The minimum atomic E-state index is 0.121. The molecule has 110 valence electrons. The van der Waals surface area contributed by atoms with Crippen molar-refractivity contribution in [2.45, 2.75) is 45.1 Å². The lowest BCUT2D eigenvalue weighted by Crippen LogP contribution is -2.38. The Morgan fingerprint density at radius 2 is 1.90 bits per heavy atom. The SMILES string of the molecule is CCC1CCC(N(C)CC(=O)c2ccccc2Cl)CC1. The third-order valence-corrected chi connectivity index (χ3v) is 4.91. The number of likely N-dealkylation sites (N-methyl/N-ethyl adjacent to an activating group) is 1. The van der Waals surface area contributed by atoms with Gasteiger partial charge >= 0.3 is 0 Å². The van der Waals surface area contributed by atoms with Crippen molar-refractivity contribution in [3.63, 3.8) is 0 Å². The molecule has 1 aromatic rings. The standard InChI is InChI=1S/C17H24ClNO/c1-3-13-8-10-14(11-9-13)19(2)12-17(20)15-6-4-5-7-16(15)18/h4-7,13-14H,3,8-12H2,1-2H3. The minimum Gasteiger partial charge on any atom is -0.296 e. The van der Waals surface area contributed by atoms with Gasteiger partial charge in [0.2, 0.25) is 0 Å². The van der Waals surface area contributed by atoms with E-state index in [1.165, 1.54) is 32.1 Å². The second kappa shape index (κ2) is 7.24. The normalized spacial score (nSPS) is 23.0. The van der Waals surface area contributed by atoms with E-state index < -0.39 is 0 Å². The number of carbonyl (C=O) groups is 1. The van der Waals surface area contributed by atoms with Gasteiger partial charge in [-0.25, -0.2) is 0 Å². The highest BCUT2D eigenvalue weighted by atomic mass is 35.5. The maximum atomic E-state index is 12.3. The number of nitrogens with zero attached hydrogens (tertiary/aromatic N) is 1. The predicted octanol–water partition coefficient (Wildman–Crippen LogP) is 4.42.